The van der Waals surface area contributed by atoms with Gasteiger partial charge in [-0.3, -0.25) is 9.80 Å². The molecule has 2 atom stereocenters. The normalized spacial score (nSPS) is 22.6. The maximum absolute atomic E-state index is 5.49. The Morgan fingerprint density at radius 1 is 1.13 bits per heavy atom. The van der Waals surface area contributed by atoms with Crippen LogP contribution < -0.4 is 10.6 Å². The van der Waals surface area contributed by atoms with Crippen molar-refractivity contribution in [3.8, 4) is 0 Å². The van der Waals surface area contributed by atoms with Crippen LogP contribution in [0.15, 0.2) is 29.3 Å². The van der Waals surface area contributed by atoms with Crippen molar-refractivity contribution < 1.29 is 4.74 Å². The van der Waals surface area contributed by atoms with Crippen LogP contribution in [0.2, 0.25) is 0 Å². The van der Waals surface area contributed by atoms with Crippen LogP contribution in [0.1, 0.15) is 51.2 Å². The minimum atomic E-state index is 0.512. The van der Waals surface area contributed by atoms with Gasteiger partial charge >= 0.3 is 0 Å². The lowest BCUT2D eigenvalue weighted by molar-refractivity contribution is 0.0341. The number of hydrogen-bond donors (Lipinski definition) is 2. The standard InChI is InChI=1S/C24H41N5O/c1-4-25-24(26-17-21(3)29-12-8-7-9-20(29)2)27-18-22-10-5-6-11-23(22)19-28-13-15-30-16-14-28/h5-6,10-11,20-21H,4,7-9,12-19H2,1-3H3,(H2,25,26,27). The smallest absolute Gasteiger partial charge is 0.191 e. The molecular weight excluding hydrogens is 374 g/mol. The first-order valence-corrected chi connectivity index (χ1v) is 11.8. The highest BCUT2D eigenvalue weighted by molar-refractivity contribution is 5.79. The van der Waals surface area contributed by atoms with Crippen LogP contribution in [0.4, 0.5) is 0 Å². The Morgan fingerprint density at radius 2 is 1.90 bits per heavy atom. The number of benzene rings is 1. The van der Waals surface area contributed by atoms with E-state index in [9.17, 15) is 0 Å². The highest BCUT2D eigenvalue weighted by atomic mass is 16.5. The van der Waals surface area contributed by atoms with Crippen LogP contribution in [0, 0.1) is 0 Å². The van der Waals surface area contributed by atoms with Crippen LogP contribution in [0.3, 0.4) is 0 Å². The molecule has 2 fully saturated rings. The van der Waals surface area contributed by atoms with E-state index in [4.69, 9.17) is 9.73 Å². The number of hydrogen-bond acceptors (Lipinski definition) is 4. The summed E-state index contributed by atoms with van der Waals surface area (Å²) in [5.41, 5.74) is 2.67. The summed E-state index contributed by atoms with van der Waals surface area (Å²) < 4.78 is 5.49. The first kappa shape index (κ1) is 23.0. The van der Waals surface area contributed by atoms with Crippen LogP contribution in [0.25, 0.3) is 0 Å². The molecule has 0 aliphatic carbocycles. The zero-order valence-electron chi connectivity index (χ0n) is 19.2. The number of morpholine rings is 1. The minimum Gasteiger partial charge on any atom is -0.379 e. The topological polar surface area (TPSA) is 52.1 Å². The number of ether oxygens (including phenoxy) is 1. The monoisotopic (exact) mass is 415 g/mol. The van der Waals surface area contributed by atoms with Crippen molar-refractivity contribution in [2.45, 2.75) is 65.2 Å². The quantitative estimate of drug-likeness (QED) is 0.505. The molecule has 0 saturated carbocycles. The number of nitrogens with one attached hydrogen (secondary N) is 2. The van der Waals surface area contributed by atoms with Gasteiger partial charge in [-0.15, -0.1) is 0 Å². The number of aliphatic imine (C=N–C) groups is 1. The molecule has 6 nitrogen and oxygen atoms in total. The van der Waals surface area contributed by atoms with Crippen LogP contribution >= 0.6 is 0 Å². The molecule has 30 heavy (non-hydrogen) atoms. The summed E-state index contributed by atoms with van der Waals surface area (Å²) in [6.07, 6.45) is 4.01. The SMILES string of the molecule is CCNC(=NCc1ccccc1CN1CCOCC1)NCC(C)N1CCCCC1C. The molecule has 2 unspecified atom stereocenters. The lowest BCUT2D eigenvalue weighted by atomic mass is 10.0. The third-order valence-corrected chi connectivity index (χ3v) is 6.35. The molecule has 1 aromatic rings. The molecule has 168 valence electrons. The Balaban J connectivity index is 1.57. The van der Waals surface area contributed by atoms with Gasteiger partial charge in [-0.1, -0.05) is 30.7 Å². The van der Waals surface area contributed by atoms with Crippen molar-refractivity contribution in [1.29, 1.82) is 0 Å². The second kappa shape index (κ2) is 12.3. The van der Waals surface area contributed by atoms with Gasteiger partial charge < -0.3 is 15.4 Å². The van der Waals surface area contributed by atoms with Gasteiger partial charge in [-0.05, 0) is 51.3 Å². The summed E-state index contributed by atoms with van der Waals surface area (Å²) in [5.74, 6) is 0.912. The van der Waals surface area contributed by atoms with Crippen molar-refractivity contribution >= 4 is 5.96 Å². The molecule has 0 spiro atoms. The van der Waals surface area contributed by atoms with E-state index in [-0.39, 0.29) is 0 Å². The maximum Gasteiger partial charge on any atom is 0.191 e. The van der Waals surface area contributed by atoms with Crippen molar-refractivity contribution in [1.82, 2.24) is 20.4 Å². The zero-order chi connectivity index (χ0) is 21.2. The Labute approximate surface area is 183 Å². The molecule has 3 rings (SSSR count). The molecule has 1 aromatic carbocycles. The zero-order valence-corrected chi connectivity index (χ0v) is 19.2. The van der Waals surface area contributed by atoms with Crippen LogP contribution in [-0.4, -0.2) is 73.8 Å². The van der Waals surface area contributed by atoms with E-state index in [0.29, 0.717) is 18.6 Å². The average Bonchev–Trinajstić information content (AvgIpc) is 2.77. The molecule has 0 aromatic heterocycles. The summed E-state index contributed by atoms with van der Waals surface area (Å²) in [4.78, 5) is 10.0. The Hall–Kier alpha value is -1.63. The van der Waals surface area contributed by atoms with Gasteiger partial charge in [-0.2, -0.15) is 0 Å². The highest BCUT2D eigenvalue weighted by Crippen LogP contribution is 2.18. The van der Waals surface area contributed by atoms with E-state index < -0.39 is 0 Å². The van der Waals surface area contributed by atoms with Crippen molar-refractivity contribution in [2.75, 3.05) is 45.9 Å². The fourth-order valence-corrected chi connectivity index (χ4v) is 4.51. The van der Waals surface area contributed by atoms with Gasteiger partial charge in [0, 0.05) is 44.8 Å². The number of rotatable bonds is 8. The first-order chi connectivity index (χ1) is 14.7. The van der Waals surface area contributed by atoms with Crippen molar-refractivity contribution in [3.63, 3.8) is 0 Å². The lowest BCUT2D eigenvalue weighted by Gasteiger charge is -2.38. The van der Waals surface area contributed by atoms with E-state index in [2.05, 4.69) is 65.5 Å². The maximum atomic E-state index is 5.49. The van der Waals surface area contributed by atoms with E-state index in [0.717, 1.165) is 51.9 Å². The largest absolute Gasteiger partial charge is 0.379 e. The molecule has 0 bridgehead atoms. The summed E-state index contributed by atoms with van der Waals surface area (Å²) in [7, 11) is 0. The molecule has 2 aliphatic heterocycles. The van der Waals surface area contributed by atoms with Gasteiger partial charge in [0.15, 0.2) is 5.96 Å². The van der Waals surface area contributed by atoms with E-state index in [1.807, 2.05) is 0 Å². The predicted molar refractivity (Wildman–Crippen MR) is 125 cm³/mol. The molecule has 2 aliphatic rings. The van der Waals surface area contributed by atoms with Crippen LogP contribution in [-0.2, 0) is 17.8 Å². The van der Waals surface area contributed by atoms with Gasteiger partial charge in [0.1, 0.15) is 0 Å². The minimum absolute atomic E-state index is 0.512. The number of piperidine rings is 1. The Bertz CT molecular complexity index is 659. The molecule has 2 saturated heterocycles. The predicted octanol–water partition coefficient (Wildman–Crippen LogP) is 2.84. The average molecular weight is 416 g/mol. The second-order valence-corrected chi connectivity index (χ2v) is 8.66. The van der Waals surface area contributed by atoms with Gasteiger partial charge in [0.25, 0.3) is 0 Å². The molecule has 2 N–H and O–H groups in total. The van der Waals surface area contributed by atoms with E-state index in [1.54, 1.807) is 0 Å². The van der Waals surface area contributed by atoms with Crippen molar-refractivity contribution in [2.24, 2.45) is 4.99 Å². The molecule has 0 radical (unpaired) electrons. The summed E-state index contributed by atoms with van der Waals surface area (Å²) >= 11 is 0. The fourth-order valence-electron chi connectivity index (χ4n) is 4.51. The van der Waals surface area contributed by atoms with E-state index in [1.165, 1.54) is 36.9 Å². The summed E-state index contributed by atoms with van der Waals surface area (Å²) in [6.45, 7) is 15.2. The lowest BCUT2D eigenvalue weighted by Crippen LogP contribution is -2.50. The fraction of sp³-hybridized carbons (Fsp3) is 0.708. The number of nitrogens with zero attached hydrogens (tertiary/aromatic N) is 3. The Kier molecular flexibility index (Phi) is 9.43. The first-order valence-electron chi connectivity index (χ1n) is 11.8. The van der Waals surface area contributed by atoms with E-state index >= 15 is 0 Å². The third kappa shape index (κ3) is 6.96. The molecule has 6 heteroatoms. The van der Waals surface area contributed by atoms with Crippen molar-refractivity contribution in [3.05, 3.63) is 35.4 Å². The van der Waals surface area contributed by atoms with Gasteiger partial charge in [-0.25, -0.2) is 4.99 Å². The molecule has 0 amide bonds. The molecular formula is C24H41N5O. The number of likely N-dealkylation sites (tertiary alicyclic amines) is 1. The molecule has 2 heterocycles. The summed E-state index contributed by atoms with van der Waals surface area (Å²) in [6, 6.07) is 9.89. The highest BCUT2D eigenvalue weighted by Gasteiger charge is 2.23. The van der Waals surface area contributed by atoms with Crippen LogP contribution in [0.5, 0.6) is 0 Å². The number of guanidine groups is 1. The Morgan fingerprint density at radius 3 is 2.63 bits per heavy atom. The summed E-state index contributed by atoms with van der Waals surface area (Å²) in [5, 5.41) is 7.00. The third-order valence-electron chi connectivity index (χ3n) is 6.35. The second-order valence-electron chi connectivity index (χ2n) is 8.66. The van der Waals surface area contributed by atoms with Gasteiger partial charge in [0.05, 0.1) is 19.8 Å². The van der Waals surface area contributed by atoms with Gasteiger partial charge in [0.2, 0.25) is 0 Å².